The lowest BCUT2D eigenvalue weighted by Crippen LogP contribution is -2.11. The molecule has 0 fully saturated rings. The summed E-state index contributed by atoms with van der Waals surface area (Å²) in [5, 5.41) is 3.46. The van der Waals surface area contributed by atoms with Crippen LogP contribution in [0.4, 0.5) is 20.4 Å². The maximum absolute atomic E-state index is 13.5. The fourth-order valence-corrected chi connectivity index (χ4v) is 1.75. The minimum absolute atomic E-state index is 0.0821. The van der Waals surface area contributed by atoms with Gasteiger partial charge in [0.05, 0.1) is 6.04 Å². The second-order valence-electron chi connectivity index (χ2n) is 4.10. The van der Waals surface area contributed by atoms with Crippen molar-refractivity contribution in [1.29, 1.82) is 0 Å². The zero-order valence-corrected chi connectivity index (χ0v) is 10.9. The van der Waals surface area contributed by atoms with E-state index in [-0.39, 0.29) is 17.7 Å². The van der Waals surface area contributed by atoms with E-state index in [2.05, 4.69) is 10.3 Å². The summed E-state index contributed by atoms with van der Waals surface area (Å²) in [6.45, 7) is 1.82. The Hall–Kier alpha value is -1.88. The maximum Gasteiger partial charge on any atom is 0.168 e. The molecular weight excluding hydrogens is 272 g/mol. The molecule has 1 aromatic heterocycles. The number of rotatable bonds is 3. The van der Waals surface area contributed by atoms with E-state index in [0.717, 1.165) is 5.56 Å². The summed E-state index contributed by atoms with van der Waals surface area (Å²) >= 11 is 5.79. The largest absolute Gasteiger partial charge is 0.381 e. The minimum atomic E-state index is -0.873. The highest BCUT2D eigenvalue weighted by atomic mass is 35.5. The number of hydrogen-bond acceptors (Lipinski definition) is 3. The van der Waals surface area contributed by atoms with Crippen LogP contribution in [0.1, 0.15) is 18.5 Å². The van der Waals surface area contributed by atoms with Crippen LogP contribution in [-0.4, -0.2) is 4.98 Å². The molecule has 3 N–H and O–H groups in total. The Balaban J connectivity index is 2.21. The van der Waals surface area contributed by atoms with Gasteiger partial charge in [0.15, 0.2) is 23.3 Å². The Labute approximate surface area is 114 Å². The predicted molar refractivity (Wildman–Crippen MR) is 72.1 cm³/mol. The first kappa shape index (κ1) is 13.5. The topological polar surface area (TPSA) is 50.9 Å². The van der Waals surface area contributed by atoms with E-state index in [9.17, 15) is 8.78 Å². The second kappa shape index (κ2) is 5.40. The summed E-state index contributed by atoms with van der Waals surface area (Å²) in [5.74, 6) is -2.08. The summed E-state index contributed by atoms with van der Waals surface area (Å²) in [5.41, 5.74) is 6.21. The van der Waals surface area contributed by atoms with Crippen LogP contribution < -0.4 is 11.1 Å². The highest BCUT2D eigenvalue weighted by Gasteiger charge is 2.13. The van der Waals surface area contributed by atoms with Crippen molar-refractivity contribution in [3.63, 3.8) is 0 Å². The molecule has 100 valence electrons. The number of halogens is 3. The van der Waals surface area contributed by atoms with E-state index < -0.39 is 11.6 Å². The van der Waals surface area contributed by atoms with Crippen molar-refractivity contribution in [2.75, 3.05) is 11.1 Å². The van der Waals surface area contributed by atoms with Gasteiger partial charge in [-0.2, -0.15) is 0 Å². The quantitative estimate of drug-likeness (QED) is 0.901. The zero-order valence-electron chi connectivity index (χ0n) is 10.1. The lowest BCUT2D eigenvalue weighted by atomic mass is 10.1. The maximum atomic E-state index is 13.5. The number of anilines is 2. The lowest BCUT2D eigenvalue weighted by Gasteiger charge is -2.16. The molecular formula is C13H12ClF2N3. The van der Waals surface area contributed by atoms with Gasteiger partial charge in [-0.3, -0.25) is 0 Å². The van der Waals surface area contributed by atoms with Gasteiger partial charge in [0.1, 0.15) is 0 Å². The van der Waals surface area contributed by atoms with Gasteiger partial charge in [0, 0.05) is 11.1 Å². The minimum Gasteiger partial charge on any atom is -0.381 e. The average molecular weight is 284 g/mol. The lowest BCUT2D eigenvalue weighted by molar-refractivity contribution is 0.578. The number of pyridine rings is 1. The van der Waals surface area contributed by atoms with Gasteiger partial charge < -0.3 is 11.1 Å². The van der Waals surface area contributed by atoms with Crippen LogP contribution in [0.25, 0.3) is 0 Å². The van der Waals surface area contributed by atoms with E-state index >= 15 is 0 Å². The van der Waals surface area contributed by atoms with Gasteiger partial charge >= 0.3 is 0 Å². The van der Waals surface area contributed by atoms with Crippen LogP contribution in [0.3, 0.4) is 0 Å². The standard InChI is InChI=1S/C13H12ClF2N3/c1-7(8-2-4-9(14)5-3-8)18-13-11(16)6-10(15)12(17)19-13/h2-7H,1H3,(H3,17,18,19). The fraction of sp³-hybridized carbons (Fsp3) is 0.154. The molecule has 0 radical (unpaired) electrons. The van der Waals surface area contributed by atoms with Crippen LogP contribution in [0.5, 0.6) is 0 Å². The molecule has 0 amide bonds. The Bertz CT molecular complexity index is 587. The number of hydrogen-bond donors (Lipinski definition) is 2. The summed E-state index contributed by atoms with van der Waals surface area (Å²) in [7, 11) is 0. The highest BCUT2D eigenvalue weighted by molar-refractivity contribution is 6.30. The van der Waals surface area contributed by atoms with Gasteiger partial charge in [-0.1, -0.05) is 23.7 Å². The molecule has 19 heavy (non-hydrogen) atoms. The van der Waals surface area contributed by atoms with Crippen LogP contribution >= 0.6 is 11.6 Å². The van der Waals surface area contributed by atoms with Gasteiger partial charge in [-0.05, 0) is 24.6 Å². The molecule has 1 heterocycles. The van der Waals surface area contributed by atoms with Crippen molar-refractivity contribution in [2.24, 2.45) is 0 Å². The number of aromatic nitrogens is 1. The first-order valence-corrected chi connectivity index (χ1v) is 5.98. The summed E-state index contributed by atoms with van der Waals surface area (Å²) < 4.78 is 26.5. The second-order valence-corrected chi connectivity index (χ2v) is 4.54. The molecule has 1 atom stereocenters. The molecule has 1 unspecified atom stereocenters. The van der Waals surface area contributed by atoms with E-state index in [1.165, 1.54) is 0 Å². The van der Waals surface area contributed by atoms with Crippen molar-refractivity contribution in [1.82, 2.24) is 4.98 Å². The third kappa shape index (κ3) is 3.12. The number of nitrogens with two attached hydrogens (primary N) is 1. The van der Waals surface area contributed by atoms with Crippen molar-refractivity contribution >= 4 is 23.2 Å². The van der Waals surface area contributed by atoms with Gasteiger partial charge in [-0.25, -0.2) is 13.8 Å². The molecule has 6 heteroatoms. The molecule has 0 saturated heterocycles. The fourth-order valence-electron chi connectivity index (χ4n) is 1.62. The van der Waals surface area contributed by atoms with Crippen LogP contribution in [0, 0.1) is 11.6 Å². The van der Waals surface area contributed by atoms with Crippen molar-refractivity contribution in [2.45, 2.75) is 13.0 Å². The Kier molecular flexibility index (Phi) is 3.85. The van der Waals surface area contributed by atoms with Crippen molar-refractivity contribution in [3.8, 4) is 0 Å². The molecule has 0 aliphatic rings. The van der Waals surface area contributed by atoms with E-state index in [1.807, 2.05) is 19.1 Å². The Morgan fingerprint density at radius 2 is 1.84 bits per heavy atom. The average Bonchev–Trinajstić information content (AvgIpc) is 2.36. The summed E-state index contributed by atoms with van der Waals surface area (Å²) in [6, 6.07) is 7.58. The number of nitrogens with zero attached hydrogens (tertiary/aromatic N) is 1. The smallest absolute Gasteiger partial charge is 0.168 e. The Morgan fingerprint density at radius 3 is 2.47 bits per heavy atom. The van der Waals surface area contributed by atoms with Gasteiger partial charge in [0.2, 0.25) is 0 Å². The number of nitrogens with one attached hydrogen (secondary N) is 1. The molecule has 0 aliphatic heterocycles. The number of benzene rings is 1. The molecule has 3 nitrogen and oxygen atoms in total. The normalized spacial score (nSPS) is 12.2. The molecule has 2 aromatic rings. The van der Waals surface area contributed by atoms with Gasteiger partial charge in [-0.15, -0.1) is 0 Å². The molecule has 2 rings (SSSR count). The van der Waals surface area contributed by atoms with E-state index in [0.29, 0.717) is 11.1 Å². The molecule has 0 bridgehead atoms. The molecule has 1 aromatic carbocycles. The van der Waals surface area contributed by atoms with Crippen LogP contribution in [0.2, 0.25) is 5.02 Å². The molecule has 0 aliphatic carbocycles. The summed E-state index contributed by atoms with van der Waals surface area (Å²) in [6.07, 6.45) is 0. The first-order chi connectivity index (χ1) is 8.97. The third-order valence-corrected chi connectivity index (χ3v) is 2.93. The zero-order chi connectivity index (χ0) is 14.0. The monoisotopic (exact) mass is 283 g/mol. The van der Waals surface area contributed by atoms with Crippen LogP contribution in [0.15, 0.2) is 30.3 Å². The Morgan fingerprint density at radius 1 is 1.21 bits per heavy atom. The third-order valence-electron chi connectivity index (χ3n) is 2.68. The summed E-state index contributed by atoms with van der Waals surface area (Å²) in [4.78, 5) is 3.65. The molecule has 0 saturated carbocycles. The van der Waals surface area contributed by atoms with Crippen molar-refractivity contribution < 1.29 is 8.78 Å². The predicted octanol–water partition coefficient (Wildman–Crippen LogP) is 3.77. The number of nitrogen functional groups attached to an aromatic ring is 1. The first-order valence-electron chi connectivity index (χ1n) is 5.61. The highest BCUT2D eigenvalue weighted by Crippen LogP contribution is 2.23. The van der Waals surface area contributed by atoms with Crippen LogP contribution in [-0.2, 0) is 0 Å². The van der Waals surface area contributed by atoms with E-state index in [1.54, 1.807) is 12.1 Å². The SMILES string of the molecule is CC(Nc1nc(N)c(F)cc1F)c1ccc(Cl)cc1. The van der Waals surface area contributed by atoms with Gasteiger partial charge in [0.25, 0.3) is 0 Å². The van der Waals surface area contributed by atoms with Crippen molar-refractivity contribution in [3.05, 3.63) is 52.6 Å². The van der Waals surface area contributed by atoms with E-state index in [4.69, 9.17) is 17.3 Å². The molecule has 0 spiro atoms.